The molecule has 6 nitrogen and oxygen atoms in total. The molecule has 1 amide bonds. The third-order valence-corrected chi connectivity index (χ3v) is 3.55. The lowest BCUT2D eigenvalue weighted by atomic mass is 10.1. The molecule has 2 aromatic carbocycles. The normalized spacial score (nSPS) is 11.0. The maximum absolute atomic E-state index is 12.1. The van der Waals surface area contributed by atoms with E-state index in [9.17, 15) is 9.70 Å². The SMILES string of the molecule is CN(C)c1ccc(C(CN=O)=NNC(=O)c2cccc(Cl)c2)cc1. The summed E-state index contributed by atoms with van der Waals surface area (Å²) in [7, 11) is 3.87. The van der Waals surface area contributed by atoms with Crippen LogP contribution in [-0.4, -0.2) is 32.3 Å². The fourth-order valence-corrected chi connectivity index (χ4v) is 2.21. The number of halogens is 1. The van der Waals surface area contributed by atoms with Gasteiger partial charge in [-0.2, -0.15) is 10.0 Å². The average Bonchev–Trinajstić information content (AvgIpc) is 2.58. The molecule has 0 saturated heterocycles. The summed E-state index contributed by atoms with van der Waals surface area (Å²) in [5.41, 5.74) is 4.92. The van der Waals surface area contributed by atoms with Crippen molar-refractivity contribution in [1.82, 2.24) is 5.43 Å². The van der Waals surface area contributed by atoms with E-state index in [1.165, 1.54) is 6.07 Å². The van der Waals surface area contributed by atoms with Crippen LogP contribution >= 0.6 is 11.6 Å². The molecule has 124 valence electrons. The number of carbonyl (C=O) groups excluding carboxylic acids is 1. The summed E-state index contributed by atoms with van der Waals surface area (Å²) in [5.74, 6) is -0.411. The lowest BCUT2D eigenvalue weighted by Gasteiger charge is -2.12. The molecule has 0 radical (unpaired) electrons. The smallest absolute Gasteiger partial charge is 0.271 e. The van der Waals surface area contributed by atoms with E-state index in [-0.39, 0.29) is 6.54 Å². The van der Waals surface area contributed by atoms with Crippen molar-refractivity contribution in [1.29, 1.82) is 0 Å². The van der Waals surface area contributed by atoms with E-state index in [2.05, 4.69) is 15.7 Å². The summed E-state index contributed by atoms with van der Waals surface area (Å²) >= 11 is 5.86. The minimum atomic E-state index is -0.411. The number of nitroso groups, excluding NO2 is 1. The molecule has 0 fully saturated rings. The number of benzene rings is 2. The molecule has 0 atom stereocenters. The Balaban J connectivity index is 2.18. The number of nitrogens with zero attached hydrogens (tertiary/aromatic N) is 3. The van der Waals surface area contributed by atoms with E-state index in [4.69, 9.17) is 11.6 Å². The van der Waals surface area contributed by atoms with Crippen LogP contribution in [0.3, 0.4) is 0 Å². The molecule has 1 N–H and O–H groups in total. The summed E-state index contributed by atoms with van der Waals surface area (Å²) in [6.45, 7) is -0.142. The van der Waals surface area contributed by atoms with Crippen LogP contribution in [0, 0.1) is 4.91 Å². The lowest BCUT2D eigenvalue weighted by molar-refractivity contribution is 0.0955. The molecule has 0 spiro atoms. The van der Waals surface area contributed by atoms with Crippen molar-refractivity contribution in [3.63, 3.8) is 0 Å². The van der Waals surface area contributed by atoms with Crippen molar-refractivity contribution in [2.24, 2.45) is 10.3 Å². The van der Waals surface area contributed by atoms with Gasteiger partial charge in [-0.3, -0.25) is 4.79 Å². The van der Waals surface area contributed by atoms with E-state index in [0.29, 0.717) is 21.9 Å². The molecule has 2 aromatic rings. The quantitative estimate of drug-likeness (QED) is 0.496. The first kappa shape index (κ1) is 17.6. The van der Waals surface area contributed by atoms with Gasteiger partial charge in [-0.15, -0.1) is 0 Å². The van der Waals surface area contributed by atoms with Gasteiger partial charge >= 0.3 is 0 Å². The highest BCUT2D eigenvalue weighted by molar-refractivity contribution is 6.30. The summed E-state index contributed by atoms with van der Waals surface area (Å²) < 4.78 is 0. The highest BCUT2D eigenvalue weighted by Gasteiger charge is 2.08. The average molecular weight is 345 g/mol. The molecular weight excluding hydrogens is 328 g/mol. The molecule has 0 aromatic heterocycles. The second-order valence-electron chi connectivity index (χ2n) is 5.24. The van der Waals surface area contributed by atoms with Crippen LogP contribution in [0.1, 0.15) is 15.9 Å². The minimum Gasteiger partial charge on any atom is -0.378 e. The summed E-state index contributed by atoms with van der Waals surface area (Å²) in [5, 5.41) is 7.36. The van der Waals surface area contributed by atoms with Gasteiger partial charge in [-0.05, 0) is 35.9 Å². The Hall–Kier alpha value is -2.73. The number of carbonyl (C=O) groups is 1. The van der Waals surface area contributed by atoms with E-state index >= 15 is 0 Å². The predicted octanol–water partition coefficient (Wildman–Crippen LogP) is 3.31. The number of hydrogen-bond donors (Lipinski definition) is 1. The van der Waals surface area contributed by atoms with Crippen molar-refractivity contribution in [2.75, 3.05) is 25.5 Å². The number of hydrogen-bond acceptors (Lipinski definition) is 5. The molecule has 7 heteroatoms. The summed E-state index contributed by atoms with van der Waals surface area (Å²) in [6, 6.07) is 14.0. The summed E-state index contributed by atoms with van der Waals surface area (Å²) in [4.78, 5) is 24.7. The van der Waals surface area contributed by atoms with Crippen LogP contribution in [0.15, 0.2) is 58.8 Å². The van der Waals surface area contributed by atoms with E-state index in [1.807, 2.05) is 43.3 Å². The molecule has 0 saturated carbocycles. The molecule has 0 aliphatic rings. The first-order valence-corrected chi connectivity index (χ1v) is 7.58. The molecule has 2 rings (SSSR count). The Labute approximate surface area is 145 Å². The van der Waals surface area contributed by atoms with E-state index in [1.54, 1.807) is 18.2 Å². The Morgan fingerprint density at radius 3 is 2.42 bits per heavy atom. The Kier molecular flexibility index (Phi) is 6.03. The van der Waals surface area contributed by atoms with Crippen molar-refractivity contribution >= 4 is 28.9 Å². The van der Waals surface area contributed by atoms with Gasteiger partial charge in [-0.25, -0.2) is 5.43 Å². The molecule has 0 unspecified atom stereocenters. The highest BCUT2D eigenvalue weighted by atomic mass is 35.5. The predicted molar refractivity (Wildman–Crippen MR) is 96.9 cm³/mol. The van der Waals surface area contributed by atoms with Gasteiger partial charge in [0, 0.05) is 30.4 Å². The van der Waals surface area contributed by atoms with Gasteiger partial charge in [0.2, 0.25) is 0 Å². The fourth-order valence-electron chi connectivity index (χ4n) is 2.02. The number of rotatable bonds is 6. The van der Waals surface area contributed by atoms with E-state index < -0.39 is 5.91 Å². The highest BCUT2D eigenvalue weighted by Crippen LogP contribution is 2.13. The van der Waals surface area contributed by atoms with Gasteiger partial charge in [0.15, 0.2) is 0 Å². The number of nitrogens with one attached hydrogen (secondary N) is 1. The Morgan fingerprint density at radius 1 is 1.12 bits per heavy atom. The monoisotopic (exact) mass is 344 g/mol. The maximum Gasteiger partial charge on any atom is 0.271 e. The first-order valence-electron chi connectivity index (χ1n) is 7.20. The zero-order valence-corrected chi connectivity index (χ0v) is 14.1. The van der Waals surface area contributed by atoms with Crippen LogP contribution in [0.5, 0.6) is 0 Å². The molecule has 24 heavy (non-hydrogen) atoms. The molecule has 0 bridgehead atoms. The summed E-state index contributed by atoms with van der Waals surface area (Å²) in [6.07, 6.45) is 0. The molecule has 0 aliphatic heterocycles. The van der Waals surface area contributed by atoms with Gasteiger partial charge in [0.25, 0.3) is 5.91 Å². The van der Waals surface area contributed by atoms with Crippen LogP contribution in [-0.2, 0) is 0 Å². The number of hydrazone groups is 1. The van der Waals surface area contributed by atoms with Gasteiger partial charge in [0.1, 0.15) is 6.54 Å². The second-order valence-corrected chi connectivity index (χ2v) is 5.67. The maximum atomic E-state index is 12.1. The molecule has 0 heterocycles. The molecular formula is C17H17ClN4O2. The Bertz CT molecular complexity index is 757. The standard InChI is InChI=1S/C17H17ClN4O2/c1-22(2)15-8-6-12(7-9-15)16(11-19-24)20-21-17(23)13-4-3-5-14(18)10-13/h3-10H,11H2,1-2H3,(H,21,23). The van der Waals surface area contributed by atoms with Crippen molar-refractivity contribution in [3.8, 4) is 0 Å². The van der Waals surface area contributed by atoms with Crippen LogP contribution < -0.4 is 10.3 Å². The Morgan fingerprint density at radius 2 is 1.83 bits per heavy atom. The van der Waals surface area contributed by atoms with Crippen molar-refractivity contribution < 1.29 is 4.79 Å². The number of anilines is 1. The van der Waals surface area contributed by atoms with Crippen LogP contribution in [0.2, 0.25) is 5.02 Å². The van der Waals surface area contributed by atoms with Crippen LogP contribution in [0.4, 0.5) is 5.69 Å². The first-order chi connectivity index (χ1) is 11.5. The van der Waals surface area contributed by atoms with Gasteiger partial charge < -0.3 is 4.90 Å². The van der Waals surface area contributed by atoms with Crippen molar-refractivity contribution in [2.45, 2.75) is 0 Å². The third-order valence-electron chi connectivity index (χ3n) is 3.31. The fraction of sp³-hybridized carbons (Fsp3) is 0.176. The minimum absolute atomic E-state index is 0.142. The second kappa shape index (κ2) is 8.21. The third kappa shape index (κ3) is 4.63. The zero-order chi connectivity index (χ0) is 17.5. The van der Waals surface area contributed by atoms with Gasteiger partial charge in [0.05, 0.1) is 5.71 Å². The largest absolute Gasteiger partial charge is 0.378 e. The molecule has 0 aliphatic carbocycles. The van der Waals surface area contributed by atoms with E-state index in [0.717, 1.165) is 5.69 Å². The number of amides is 1. The van der Waals surface area contributed by atoms with Gasteiger partial charge in [-0.1, -0.05) is 35.0 Å². The topological polar surface area (TPSA) is 74.1 Å². The van der Waals surface area contributed by atoms with Crippen LogP contribution in [0.25, 0.3) is 0 Å². The zero-order valence-electron chi connectivity index (χ0n) is 13.4. The van der Waals surface area contributed by atoms with Crippen molar-refractivity contribution in [3.05, 3.63) is 69.6 Å². The lowest BCUT2D eigenvalue weighted by Crippen LogP contribution is -2.21.